The van der Waals surface area contributed by atoms with Crippen LogP contribution in [0.5, 0.6) is 0 Å². The van der Waals surface area contributed by atoms with Gasteiger partial charge in [-0.15, -0.1) is 0 Å². The quantitative estimate of drug-likeness (QED) is 0.685. The molecule has 1 atom stereocenters. The summed E-state index contributed by atoms with van der Waals surface area (Å²) in [7, 11) is 0. The smallest absolute Gasteiger partial charge is 0.220 e. The minimum atomic E-state index is -0.232. The van der Waals surface area contributed by atoms with Crippen molar-refractivity contribution < 1.29 is 4.39 Å². The summed E-state index contributed by atoms with van der Waals surface area (Å²) in [5, 5.41) is 7.70. The Morgan fingerprint density at radius 3 is 2.96 bits per heavy atom. The highest BCUT2D eigenvalue weighted by Crippen LogP contribution is 2.33. The lowest BCUT2D eigenvalue weighted by molar-refractivity contribution is 0.630. The number of anilines is 2. The third kappa shape index (κ3) is 3.00. The minimum Gasteiger partial charge on any atom is -0.379 e. The Kier molecular flexibility index (Phi) is 3.97. The molecule has 0 spiro atoms. The molecule has 2 aromatic carbocycles. The summed E-state index contributed by atoms with van der Waals surface area (Å²) < 4.78 is 14.5. The summed E-state index contributed by atoms with van der Waals surface area (Å²) in [6.07, 6.45) is 2.72. The van der Waals surface area contributed by atoms with Crippen molar-refractivity contribution in [3.05, 3.63) is 47.9 Å². The van der Waals surface area contributed by atoms with Crippen LogP contribution in [-0.2, 0) is 0 Å². The Balaban J connectivity index is 1.89. The molecular formula is C19H20FN5. The van der Waals surface area contributed by atoms with Gasteiger partial charge in [0.1, 0.15) is 5.82 Å². The van der Waals surface area contributed by atoms with Gasteiger partial charge in [0, 0.05) is 29.7 Å². The van der Waals surface area contributed by atoms with Crippen molar-refractivity contribution in [2.24, 2.45) is 0 Å². The summed E-state index contributed by atoms with van der Waals surface area (Å²) in [5.41, 5.74) is 9.70. The van der Waals surface area contributed by atoms with E-state index in [9.17, 15) is 4.39 Å². The van der Waals surface area contributed by atoms with Gasteiger partial charge in [0.15, 0.2) is 0 Å². The number of halogens is 1. The first-order valence-electron chi connectivity index (χ1n) is 8.41. The highest BCUT2D eigenvalue weighted by molar-refractivity contribution is 5.95. The first-order chi connectivity index (χ1) is 12.1. The number of nitrogens with zero attached hydrogens (tertiary/aromatic N) is 2. The maximum atomic E-state index is 14.5. The van der Waals surface area contributed by atoms with Crippen LogP contribution in [0.25, 0.3) is 22.0 Å². The number of rotatable bonds is 3. The molecule has 1 aliphatic rings. The van der Waals surface area contributed by atoms with Crippen molar-refractivity contribution in [2.45, 2.75) is 19.4 Å². The van der Waals surface area contributed by atoms with Crippen LogP contribution in [0.1, 0.15) is 12.0 Å². The lowest BCUT2D eigenvalue weighted by atomic mass is 9.97. The maximum Gasteiger partial charge on any atom is 0.220 e. The van der Waals surface area contributed by atoms with E-state index in [2.05, 4.69) is 20.6 Å². The fourth-order valence-electron chi connectivity index (χ4n) is 3.41. The molecule has 25 heavy (non-hydrogen) atoms. The number of nitrogens with two attached hydrogens (primary N) is 1. The number of hydrogen-bond acceptors (Lipinski definition) is 5. The second kappa shape index (κ2) is 6.29. The maximum absolute atomic E-state index is 14.5. The molecule has 1 saturated heterocycles. The highest BCUT2D eigenvalue weighted by atomic mass is 19.1. The van der Waals surface area contributed by atoms with Gasteiger partial charge in [-0.25, -0.2) is 14.4 Å². The lowest BCUT2D eigenvalue weighted by Gasteiger charge is -2.17. The van der Waals surface area contributed by atoms with Gasteiger partial charge in [0.05, 0.1) is 11.2 Å². The summed E-state index contributed by atoms with van der Waals surface area (Å²) in [5.74, 6) is -0.000819. The average molecular weight is 337 g/mol. The summed E-state index contributed by atoms with van der Waals surface area (Å²) >= 11 is 0. The Morgan fingerprint density at radius 2 is 2.20 bits per heavy atom. The molecular weight excluding hydrogens is 317 g/mol. The summed E-state index contributed by atoms with van der Waals surface area (Å²) in [6, 6.07) is 9.31. The van der Waals surface area contributed by atoms with E-state index >= 15 is 0 Å². The highest BCUT2D eigenvalue weighted by Gasteiger charge is 2.18. The topological polar surface area (TPSA) is 75.9 Å². The van der Waals surface area contributed by atoms with Gasteiger partial charge in [-0.05, 0) is 49.2 Å². The lowest BCUT2D eigenvalue weighted by Crippen LogP contribution is -2.22. The summed E-state index contributed by atoms with van der Waals surface area (Å²) in [6.45, 7) is 3.79. The molecule has 0 bridgehead atoms. The van der Waals surface area contributed by atoms with Crippen LogP contribution in [0, 0.1) is 12.7 Å². The number of aromatic nitrogens is 2. The van der Waals surface area contributed by atoms with Crippen LogP contribution in [0.3, 0.4) is 0 Å². The van der Waals surface area contributed by atoms with Crippen LogP contribution in [0.4, 0.5) is 16.0 Å². The van der Waals surface area contributed by atoms with E-state index < -0.39 is 0 Å². The van der Waals surface area contributed by atoms with Crippen molar-refractivity contribution in [2.75, 3.05) is 24.1 Å². The molecule has 128 valence electrons. The Labute approximate surface area is 145 Å². The van der Waals surface area contributed by atoms with Gasteiger partial charge in [-0.2, -0.15) is 0 Å². The van der Waals surface area contributed by atoms with Crippen LogP contribution >= 0.6 is 0 Å². The van der Waals surface area contributed by atoms with E-state index in [1.165, 1.54) is 6.07 Å². The zero-order valence-electron chi connectivity index (χ0n) is 14.0. The van der Waals surface area contributed by atoms with Gasteiger partial charge >= 0.3 is 0 Å². The van der Waals surface area contributed by atoms with Gasteiger partial charge in [0.25, 0.3) is 0 Å². The number of nitrogen functional groups attached to an aromatic ring is 1. The second-order valence-electron chi connectivity index (χ2n) is 6.46. The van der Waals surface area contributed by atoms with Gasteiger partial charge in [-0.1, -0.05) is 12.1 Å². The molecule has 1 aliphatic heterocycles. The first-order valence-corrected chi connectivity index (χ1v) is 8.41. The first kappa shape index (κ1) is 15.8. The van der Waals surface area contributed by atoms with Gasteiger partial charge in [0.2, 0.25) is 5.95 Å². The van der Waals surface area contributed by atoms with Crippen molar-refractivity contribution in [3.8, 4) is 11.1 Å². The van der Waals surface area contributed by atoms with E-state index in [4.69, 9.17) is 5.73 Å². The third-order valence-corrected chi connectivity index (χ3v) is 4.63. The van der Waals surface area contributed by atoms with Crippen LogP contribution in [0.2, 0.25) is 0 Å². The molecule has 0 aliphatic carbocycles. The van der Waals surface area contributed by atoms with E-state index in [0.29, 0.717) is 11.6 Å². The third-order valence-electron chi connectivity index (χ3n) is 4.63. The molecule has 0 amide bonds. The number of nitrogens with one attached hydrogen (secondary N) is 2. The monoisotopic (exact) mass is 337 g/mol. The predicted octanol–water partition coefficient (Wildman–Crippen LogP) is 3.10. The largest absolute Gasteiger partial charge is 0.379 e. The molecule has 3 aromatic rings. The fraction of sp³-hybridized carbons (Fsp3) is 0.263. The predicted molar refractivity (Wildman–Crippen MR) is 99.0 cm³/mol. The molecule has 4 N–H and O–H groups in total. The number of aryl methyl sites for hydroxylation is 1. The fourth-order valence-corrected chi connectivity index (χ4v) is 3.41. The molecule has 0 saturated carbocycles. The molecule has 2 heterocycles. The standard InChI is InChI=1S/C19H20FN5/c1-11-3-2-4-15(20)17(11)12-7-13-9-23-19(21)25-18(13)16(8-12)24-14-5-6-22-10-14/h2-4,7-9,14,22,24H,5-6,10H2,1H3,(H2,21,23,25). The van der Waals surface area contributed by atoms with Gasteiger partial charge < -0.3 is 16.4 Å². The number of fused-ring (bicyclic) bond motifs is 1. The van der Waals surface area contributed by atoms with Crippen molar-refractivity contribution in [1.82, 2.24) is 15.3 Å². The molecule has 0 radical (unpaired) electrons. The Bertz CT molecular complexity index is 914. The molecule has 1 unspecified atom stereocenters. The molecule has 6 heteroatoms. The van der Waals surface area contributed by atoms with Crippen molar-refractivity contribution in [1.29, 1.82) is 0 Å². The van der Waals surface area contributed by atoms with E-state index in [0.717, 1.165) is 47.2 Å². The number of benzene rings is 2. The normalized spacial score (nSPS) is 17.1. The van der Waals surface area contributed by atoms with Gasteiger partial charge in [-0.3, -0.25) is 0 Å². The zero-order valence-corrected chi connectivity index (χ0v) is 14.0. The SMILES string of the molecule is Cc1cccc(F)c1-c1cc(NC2CCNC2)c2nc(N)ncc2c1. The molecule has 4 rings (SSSR count). The molecule has 5 nitrogen and oxygen atoms in total. The Morgan fingerprint density at radius 1 is 1.32 bits per heavy atom. The number of hydrogen-bond donors (Lipinski definition) is 3. The zero-order chi connectivity index (χ0) is 17.4. The molecule has 1 fully saturated rings. The van der Waals surface area contributed by atoms with E-state index in [1.807, 2.05) is 25.1 Å². The van der Waals surface area contributed by atoms with Crippen molar-refractivity contribution >= 4 is 22.5 Å². The van der Waals surface area contributed by atoms with E-state index in [1.54, 1.807) is 12.3 Å². The summed E-state index contributed by atoms with van der Waals surface area (Å²) in [4.78, 5) is 8.48. The van der Waals surface area contributed by atoms with Crippen LogP contribution in [-0.4, -0.2) is 29.1 Å². The molecule has 1 aromatic heterocycles. The van der Waals surface area contributed by atoms with E-state index in [-0.39, 0.29) is 11.8 Å². The Hall–Kier alpha value is -2.73. The average Bonchev–Trinajstić information content (AvgIpc) is 3.08. The minimum absolute atomic E-state index is 0.231. The van der Waals surface area contributed by atoms with Crippen LogP contribution < -0.4 is 16.4 Å². The van der Waals surface area contributed by atoms with Crippen LogP contribution in [0.15, 0.2) is 36.5 Å². The van der Waals surface area contributed by atoms with Crippen molar-refractivity contribution in [3.63, 3.8) is 0 Å². The second-order valence-corrected chi connectivity index (χ2v) is 6.46.